The summed E-state index contributed by atoms with van der Waals surface area (Å²) in [7, 11) is 0. The molecule has 2 aromatic rings. The largest absolute Gasteiger partial charge is 0.297 e. The van der Waals surface area contributed by atoms with Crippen LogP contribution >= 0.6 is 27.3 Å². The van der Waals surface area contributed by atoms with E-state index in [4.69, 9.17) is 0 Å². The van der Waals surface area contributed by atoms with Gasteiger partial charge in [-0.05, 0) is 17.8 Å². The van der Waals surface area contributed by atoms with E-state index in [-0.39, 0.29) is 0 Å². The lowest BCUT2D eigenvalue weighted by Crippen LogP contribution is -2.24. The van der Waals surface area contributed by atoms with Crippen molar-refractivity contribution in [1.29, 1.82) is 0 Å². The molecule has 4 heteroatoms. The summed E-state index contributed by atoms with van der Waals surface area (Å²) in [5, 5.41) is 3.10. The summed E-state index contributed by atoms with van der Waals surface area (Å²) in [5.41, 5.74) is 1.52. The van der Waals surface area contributed by atoms with Crippen molar-refractivity contribution in [2.75, 3.05) is 5.33 Å². The minimum absolute atomic E-state index is 0.320. The molecule has 2 heterocycles. The fourth-order valence-corrected chi connectivity index (χ4v) is 3.64. The smallest absolute Gasteiger partial charge is 0.193 e. The quantitative estimate of drug-likeness (QED) is 0.783. The highest BCUT2D eigenvalue weighted by Gasteiger charge is 2.24. The maximum Gasteiger partial charge on any atom is 0.193 e. The lowest BCUT2D eigenvalue weighted by Gasteiger charge is -2.28. The van der Waals surface area contributed by atoms with E-state index in [1.807, 2.05) is 0 Å². The van der Waals surface area contributed by atoms with E-state index < -0.39 is 0 Å². The molecule has 0 aliphatic heterocycles. The summed E-state index contributed by atoms with van der Waals surface area (Å²) in [4.78, 5) is 5.73. The first-order chi connectivity index (χ1) is 7.50. The van der Waals surface area contributed by atoms with E-state index in [1.54, 1.807) is 11.3 Å². The van der Waals surface area contributed by atoms with E-state index in [0.717, 1.165) is 16.7 Å². The van der Waals surface area contributed by atoms with Crippen molar-refractivity contribution in [3.63, 3.8) is 0 Å². The monoisotopic (exact) mass is 300 g/mol. The third-order valence-electron chi connectivity index (χ3n) is 3.01. The van der Waals surface area contributed by atoms with Gasteiger partial charge < -0.3 is 0 Å². The number of imidazole rings is 1. The van der Waals surface area contributed by atoms with Crippen molar-refractivity contribution >= 4 is 32.2 Å². The van der Waals surface area contributed by atoms with Gasteiger partial charge in [0, 0.05) is 23.1 Å². The molecule has 0 saturated carbocycles. The lowest BCUT2D eigenvalue weighted by atomic mass is 9.79. The second-order valence-corrected chi connectivity index (χ2v) is 6.77. The Bertz CT molecular complexity index is 438. The summed E-state index contributed by atoms with van der Waals surface area (Å²) >= 11 is 5.30. The van der Waals surface area contributed by atoms with Crippen molar-refractivity contribution in [3.05, 3.63) is 23.5 Å². The van der Waals surface area contributed by atoms with Gasteiger partial charge in [-0.25, -0.2) is 4.98 Å². The maximum absolute atomic E-state index is 4.63. The third kappa shape index (κ3) is 2.48. The molecule has 0 aliphatic carbocycles. The number of hydrogen-bond acceptors (Lipinski definition) is 2. The topological polar surface area (TPSA) is 17.3 Å². The molecule has 16 heavy (non-hydrogen) atoms. The molecule has 2 aromatic heterocycles. The van der Waals surface area contributed by atoms with Crippen LogP contribution in [0.2, 0.25) is 0 Å². The molecule has 0 N–H and O–H groups in total. The first-order valence-electron chi connectivity index (χ1n) is 5.48. The fraction of sp³-hybridized carbons (Fsp3) is 0.583. The van der Waals surface area contributed by atoms with Gasteiger partial charge in [0.25, 0.3) is 0 Å². The Balaban J connectivity index is 2.17. The molecule has 88 valence electrons. The highest BCUT2D eigenvalue weighted by Crippen LogP contribution is 2.30. The Morgan fingerprint density at radius 2 is 2.25 bits per heavy atom. The summed E-state index contributed by atoms with van der Waals surface area (Å²) in [5.74, 6) is 0.622. The Kier molecular flexibility index (Phi) is 3.40. The van der Waals surface area contributed by atoms with Crippen molar-refractivity contribution in [1.82, 2.24) is 9.38 Å². The normalized spacial score (nSPS) is 14.5. The number of hydrogen-bond donors (Lipinski definition) is 0. The number of halogens is 1. The van der Waals surface area contributed by atoms with E-state index >= 15 is 0 Å². The Morgan fingerprint density at radius 3 is 2.81 bits per heavy atom. The second-order valence-electron chi connectivity index (χ2n) is 5.25. The molecule has 0 bridgehead atoms. The molecule has 0 radical (unpaired) electrons. The fourth-order valence-electron chi connectivity index (χ4n) is 1.72. The van der Waals surface area contributed by atoms with Crippen LogP contribution in [0, 0.1) is 11.3 Å². The number of fused-ring (bicyclic) bond motifs is 1. The third-order valence-corrected chi connectivity index (χ3v) is 4.56. The summed E-state index contributed by atoms with van der Waals surface area (Å²) in [6, 6.07) is 0. The molecule has 0 spiro atoms. The average Bonchev–Trinajstić information content (AvgIpc) is 2.71. The minimum Gasteiger partial charge on any atom is -0.297 e. The van der Waals surface area contributed by atoms with Gasteiger partial charge in [-0.1, -0.05) is 36.7 Å². The van der Waals surface area contributed by atoms with Crippen molar-refractivity contribution < 1.29 is 0 Å². The van der Waals surface area contributed by atoms with Gasteiger partial charge in [0.2, 0.25) is 0 Å². The Labute approximate surface area is 109 Å². The summed E-state index contributed by atoms with van der Waals surface area (Å²) in [6.45, 7) is 6.87. The van der Waals surface area contributed by atoms with Crippen LogP contribution in [0.15, 0.2) is 17.8 Å². The molecular formula is C12H17BrN2S. The Morgan fingerprint density at radius 1 is 1.50 bits per heavy atom. The van der Waals surface area contributed by atoms with Gasteiger partial charge in [-0.2, -0.15) is 0 Å². The molecule has 2 nitrogen and oxygen atoms in total. The highest BCUT2D eigenvalue weighted by molar-refractivity contribution is 9.09. The van der Waals surface area contributed by atoms with E-state index in [0.29, 0.717) is 11.3 Å². The van der Waals surface area contributed by atoms with Crippen LogP contribution in [-0.4, -0.2) is 14.7 Å². The first kappa shape index (κ1) is 12.1. The van der Waals surface area contributed by atoms with Gasteiger partial charge >= 0.3 is 0 Å². The van der Waals surface area contributed by atoms with Crippen LogP contribution < -0.4 is 0 Å². The van der Waals surface area contributed by atoms with Gasteiger partial charge in [0.05, 0.1) is 5.69 Å². The predicted octanol–water partition coefficient (Wildman–Crippen LogP) is 4.00. The Hall–Kier alpha value is -0.350. The van der Waals surface area contributed by atoms with E-state index in [2.05, 4.69) is 63.9 Å². The molecule has 0 saturated heterocycles. The molecular weight excluding hydrogens is 284 g/mol. The molecule has 0 aliphatic rings. The summed E-state index contributed by atoms with van der Waals surface area (Å²) < 4.78 is 2.11. The van der Waals surface area contributed by atoms with Gasteiger partial charge in [-0.15, -0.1) is 11.3 Å². The van der Waals surface area contributed by atoms with Crippen LogP contribution in [-0.2, 0) is 6.42 Å². The number of rotatable bonds is 3. The van der Waals surface area contributed by atoms with Crippen LogP contribution in [0.5, 0.6) is 0 Å². The molecule has 0 aromatic carbocycles. The van der Waals surface area contributed by atoms with E-state index in [1.165, 1.54) is 5.69 Å². The number of alkyl halides is 1. The van der Waals surface area contributed by atoms with Gasteiger partial charge in [-0.3, -0.25) is 4.40 Å². The average molecular weight is 301 g/mol. The predicted molar refractivity (Wildman–Crippen MR) is 73.5 cm³/mol. The standard InChI is InChI=1S/C12H17BrN2S/c1-12(2,3)9(7-13)6-10-8-15-4-5-16-11(15)14-10/h4-5,8-9H,6-7H2,1-3H3. The number of nitrogens with zero attached hydrogens (tertiary/aromatic N) is 2. The minimum atomic E-state index is 0.320. The van der Waals surface area contributed by atoms with Gasteiger partial charge in [0.1, 0.15) is 0 Å². The van der Waals surface area contributed by atoms with Crippen molar-refractivity contribution in [3.8, 4) is 0 Å². The van der Waals surface area contributed by atoms with E-state index in [9.17, 15) is 0 Å². The second kappa shape index (κ2) is 4.49. The van der Waals surface area contributed by atoms with Gasteiger partial charge in [0.15, 0.2) is 4.96 Å². The molecule has 2 rings (SSSR count). The van der Waals surface area contributed by atoms with Crippen LogP contribution in [0.3, 0.4) is 0 Å². The molecule has 0 fully saturated rings. The maximum atomic E-state index is 4.63. The molecule has 1 atom stereocenters. The van der Waals surface area contributed by atoms with Crippen LogP contribution in [0.1, 0.15) is 26.5 Å². The molecule has 1 unspecified atom stereocenters. The van der Waals surface area contributed by atoms with Crippen molar-refractivity contribution in [2.45, 2.75) is 27.2 Å². The first-order valence-corrected chi connectivity index (χ1v) is 7.48. The van der Waals surface area contributed by atoms with Crippen LogP contribution in [0.4, 0.5) is 0 Å². The molecule has 0 amide bonds. The van der Waals surface area contributed by atoms with Crippen LogP contribution in [0.25, 0.3) is 4.96 Å². The summed E-state index contributed by atoms with van der Waals surface area (Å²) in [6.07, 6.45) is 5.26. The highest BCUT2D eigenvalue weighted by atomic mass is 79.9. The SMILES string of the molecule is CC(C)(C)C(CBr)Cc1cn2ccsc2n1. The lowest BCUT2D eigenvalue weighted by molar-refractivity contribution is 0.265. The van der Waals surface area contributed by atoms with Crippen molar-refractivity contribution in [2.24, 2.45) is 11.3 Å². The zero-order chi connectivity index (χ0) is 11.8. The number of aromatic nitrogens is 2. The zero-order valence-corrected chi connectivity index (χ0v) is 12.3. The number of thiazole rings is 1. The zero-order valence-electron chi connectivity index (χ0n) is 9.90.